The highest BCUT2D eigenvalue weighted by molar-refractivity contribution is 5.93. The second-order valence-electron chi connectivity index (χ2n) is 8.52. The largest absolute Gasteiger partial charge is 0.490 e. The van der Waals surface area contributed by atoms with Gasteiger partial charge in [-0.3, -0.25) is 19.4 Å². The number of nitrogens with one attached hydrogen (secondary N) is 2. The molecule has 0 radical (unpaired) electrons. The zero-order valence-corrected chi connectivity index (χ0v) is 20.7. The molecule has 11 heteroatoms. The smallest absolute Gasteiger partial charge is 0.328 e. The fourth-order valence-electron chi connectivity index (χ4n) is 3.80. The minimum absolute atomic E-state index is 0.0669. The normalized spacial score (nSPS) is 21.0. The molecule has 2 aliphatic rings. The van der Waals surface area contributed by atoms with Gasteiger partial charge in [0.2, 0.25) is 11.8 Å². The molecule has 196 valence electrons. The first-order chi connectivity index (χ1) is 17.2. The second kappa shape index (κ2) is 14.5. The lowest BCUT2D eigenvalue weighted by molar-refractivity contribution is -0.145. The SMILES string of the molecule is COC(=O)[C@@H]1CC=CCOc2ccc(cc2)C[C@H](NC(C)=O)C(=O)C[C@H](CCCN=C(N)N)C(=O)N1. The highest BCUT2D eigenvalue weighted by Gasteiger charge is 2.30. The summed E-state index contributed by atoms with van der Waals surface area (Å²) in [6.07, 6.45) is 4.51. The molecule has 0 spiro atoms. The molecule has 3 rings (SSSR count). The number of hydrogen-bond acceptors (Lipinski definition) is 7. The minimum atomic E-state index is -0.935. The van der Waals surface area contributed by atoms with Gasteiger partial charge >= 0.3 is 5.97 Å². The van der Waals surface area contributed by atoms with E-state index >= 15 is 0 Å². The van der Waals surface area contributed by atoms with Crippen LogP contribution in [0, 0.1) is 5.92 Å². The van der Waals surface area contributed by atoms with Gasteiger partial charge in [-0.1, -0.05) is 24.3 Å². The number of carbonyl (C=O) groups excluding carboxylic acids is 4. The highest BCUT2D eigenvalue weighted by Crippen LogP contribution is 2.18. The molecule has 0 aliphatic carbocycles. The van der Waals surface area contributed by atoms with Crippen molar-refractivity contribution in [2.24, 2.45) is 22.4 Å². The van der Waals surface area contributed by atoms with Gasteiger partial charge in [0, 0.05) is 25.8 Å². The molecule has 11 nitrogen and oxygen atoms in total. The van der Waals surface area contributed by atoms with Crippen molar-refractivity contribution in [1.82, 2.24) is 10.6 Å². The maximum atomic E-state index is 13.3. The Bertz CT molecular complexity index is 972. The first-order valence-corrected chi connectivity index (χ1v) is 11.8. The number of Topliss-reactive ketones (excluding diaryl/α,β-unsaturated/α-hetero) is 1. The fourth-order valence-corrected chi connectivity index (χ4v) is 3.80. The third-order valence-corrected chi connectivity index (χ3v) is 5.64. The number of guanidine groups is 1. The van der Waals surface area contributed by atoms with E-state index in [9.17, 15) is 19.2 Å². The van der Waals surface area contributed by atoms with E-state index in [4.69, 9.17) is 20.9 Å². The number of fused-ring (bicyclic) bond motifs is 13. The van der Waals surface area contributed by atoms with Crippen molar-refractivity contribution in [2.45, 2.75) is 51.1 Å². The number of carbonyl (C=O) groups is 4. The molecule has 2 heterocycles. The van der Waals surface area contributed by atoms with Gasteiger partial charge in [-0.2, -0.15) is 0 Å². The number of hydrogen-bond donors (Lipinski definition) is 4. The molecule has 0 saturated heterocycles. The summed E-state index contributed by atoms with van der Waals surface area (Å²) in [5.74, 6) is -1.93. The summed E-state index contributed by atoms with van der Waals surface area (Å²) < 4.78 is 10.5. The summed E-state index contributed by atoms with van der Waals surface area (Å²) in [6.45, 7) is 1.88. The minimum Gasteiger partial charge on any atom is -0.490 e. The zero-order valence-electron chi connectivity index (χ0n) is 20.7. The number of ether oxygens (including phenoxy) is 2. The van der Waals surface area contributed by atoms with Crippen molar-refractivity contribution in [3.05, 3.63) is 42.0 Å². The van der Waals surface area contributed by atoms with Crippen LogP contribution >= 0.6 is 0 Å². The monoisotopic (exact) mass is 501 g/mol. The predicted octanol–water partition coefficient (Wildman–Crippen LogP) is 0.359. The Kier molecular flexibility index (Phi) is 11.4. The summed E-state index contributed by atoms with van der Waals surface area (Å²) in [5, 5.41) is 5.40. The number of nitrogens with zero attached hydrogens (tertiary/aromatic N) is 1. The summed E-state index contributed by atoms with van der Waals surface area (Å²) >= 11 is 0. The van der Waals surface area contributed by atoms with Crippen LogP contribution in [0.2, 0.25) is 0 Å². The van der Waals surface area contributed by atoms with Crippen molar-refractivity contribution >= 4 is 29.5 Å². The molecule has 1 aromatic carbocycles. The van der Waals surface area contributed by atoms with Crippen molar-refractivity contribution in [3.8, 4) is 5.75 Å². The summed E-state index contributed by atoms with van der Waals surface area (Å²) in [5.41, 5.74) is 11.6. The molecule has 3 atom stereocenters. The van der Waals surface area contributed by atoms with Gasteiger partial charge in [-0.05, 0) is 43.4 Å². The maximum Gasteiger partial charge on any atom is 0.328 e. The van der Waals surface area contributed by atoms with Crippen molar-refractivity contribution in [2.75, 3.05) is 20.3 Å². The number of amides is 2. The molecule has 6 N–H and O–H groups in total. The topological polar surface area (TPSA) is 175 Å². The molecule has 2 bridgehead atoms. The van der Waals surface area contributed by atoms with Crippen LogP contribution in [-0.2, 0) is 30.3 Å². The van der Waals surface area contributed by atoms with Crippen molar-refractivity contribution < 1.29 is 28.7 Å². The molecule has 0 aromatic heterocycles. The highest BCUT2D eigenvalue weighted by atomic mass is 16.5. The van der Waals surface area contributed by atoms with Crippen LogP contribution in [0.1, 0.15) is 38.2 Å². The van der Waals surface area contributed by atoms with E-state index in [-0.39, 0.29) is 50.1 Å². The Balaban J connectivity index is 2.34. The molecule has 0 unspecified atom stereocenters. The van der Waals surface area contributed by atoms with E-state index in [1.54, 1.807) is 24.3 Å². The molecule has 0 saturated carbocycles. The predicted molar refractivity (Wildman–Crippen MR) is 134 cm³/mol. The Morgan fingerprint density at radius 2 is 1.89 bits per heavy atom. The van der Waals surface area contributed by atoms with Gasteiger partial charge in [-0.25, -0.2) is 4.79 Å². The third-order valence-electron chi connectivity index (χ3n) is 5.64. The Morgan fingerprint density at radius 1 is 1.17 bits per heavy atom. The summed E-state index contributed by atoms with van der Waals surface area (Å²) in [7, 11) is 1.24. The number of benzene rings is 1. The van der Waals surface area contributed by atoms with E-state index in [0.717, 1.165) is 5.56 Å². The number of methoxy groups -OCH3 is 1. The third kappa shape index (κ3) is 9.77. The quantitative estimate of drug-likeness (QED) is 0.142. The van der Waals surface area contributed by atoms with Crippen LogP contribution in [0.25, 0.3) is 0 Å². The van der Waals surface area contributed by atoms with E-state index in [0.29, 0.717) is 18.6 Å². The van der Waals surface area contributed by atoms with E-state index in [1.807, 2.05) is 12.1 Å². The van der Waals surface area contributed by atoms with Crippen LogP contribution in [-0.4, -0.2) is 61.9 Å². The lowest BCUT2D eigenvalue weighted by atomic mass is 9.90. The summed E-state index contributed by atoms with van der Waals surface area (Å²) in [6, 6.07) is 5.46. The van der Waals surface area contributed by atoms with Crippen LogP contribution in [0.5, 0.6) is 5.75 Å². The Morgan fingerprint density at radius 3 is 2.53 bits per heavy atom. The van der Waals surface area contributed by atoms with Gasteiger partial charge in [0.1, 0.15) is 18.4 Å². The molecule has 0 fully saturated rings. The zero-order chi connectivity index (χ0) is 26.5. The Hall–Kier alpha value is -3.89. The Labute approximate surface area is 210 Å². The van der Waals surface area contributed by atoms with E-state index in [1.165, 1.54) is 14.0 Å². The maximum absolute atomic E-state index is 13.3. The lowest BCUT2D eigenvalue weighted by Gasteiger charge is -2.23. The van der Waals surface area contributed by atoms with Crippen LogP contribution in [0.4, 0.5) is 0 Å². The van der Waals surface area contributed by atoms with Gasteiger partial charge < -0.3 is 31.6 Å². The molecular weight excluding hydrogens is 466 g/mol. The van der Waals surface area contributed by atoms with Crippen molar-refractivity contribution in [3.63, 3.8) is 0 Å². The van der Waals surface area contributed by atoms with Crippen LogP contribution in [0.3, 0.4) is 0 Å². The first kappa shape index (κ1) is 28.3. The number of esters is 1. The standard InChI is InChI=1S/C25H35N5O6/c1-16(31)29-21-14-17-8-10-19(11-9-17)36-13-4-3-7-20(24(34)35-2)30-23(33)18(15-22(21)32)6-5-12-28-25(26)27/h3-4,8-11,18,20-21H,5-7,12-15H2,1-2H3,(H,29,31)(H,30,33)(H4,26,27,28)/t18-,20-,21-/m0/s1. The molecule has 1 aromatic rings. The van der Waals surface area contributed by atoms with Gasteiger partial charge in [0.05, 0.1) is 13.2 Å². The number of rotatable bonds is 6. The molecule has 2 aliphatic heterocycles. The van der Waals surface area contributed by atoms with Crippen LogP contribution in [0.15, 0.2) is 41.4 Å². The van der Waals surface area contributed by atoms with E-state index in [2.05, 4.69) is 15.6 Å². The van der Waals surface area contributed by atoms with Crippen molar-refractivity contribution in [1.29, 1.82) is 0 Å². The van der Waals surface area contributed by atoms with Gasteiger partial charge in [0.15, 0.2) is 11.7 Å². The van der Waals surface area contributed by atoms with Crippen LogP contribution < -0.4 is 26.8 Å². The molecular formula is C25H35N5O6. The molecule has 2 amide bonds. The number of aliphatic imine (C=N–C) groups is 1. The first-order valence-electron chi connectivity index (χ1n) is 11.8. The summed E-state index contributed by atoms with van der Waals surface area (Å²) in [4.78, 5) is 54.5. The fraction of sp³-hybridized carbons (Fsp3) is 0.480. The lowest BCUT2D eigenvalue weighted by Crippen LogP contribution is -2.46. The average molecular weight is 502 g/mol. The van der Waals surface area contributed by atoms with Gasteiger partial charge in [0.25, 0.3) is 0 Å². The van der Waals surface area contributed by atoms with E-state index < -0.39 is 29.9 Å². The molecule has 36 heavy (non-hydrogen) atoms. The number of nitrogens with two attached hydrogens (primary N) is 2. The average Bonchev–Trinajstić information content (AvgIpc) is 2.84. The van der Waals surface area contributed by atoms with Gasteiger partial charge in [-0.15, -0.1) is 0 Å². The number of ketones is 1. The second-order valence-corrected chi connectivity index (χ2v) is 8.52.